The average molecular weight is 322 g/mol. The molecule has 0 radical (unpaired) electrons. The van der Waals surface area contributed by atoms with Crippen LogP contribution in [0.5, 0.6) is 0 Å². The van der Waals surface area contributed by atoms with Crippen molar-refractivity contribution in [1.82, 2.24) is 10.9 Å². The summed E-state index contributed by atoms with van der Waals surface area (Å²) in [5, 5.41) is 9.86. The lowest BCUT2D eigenvalue weighted by Crippen LogP contribution is -2.41. The van der Waals surface area contributed by atoms with Crippen molar-refractivity contribution in [3.63, 3.8) is 0 Å². The Balaban J connectivity index is 1.84. The molecule has 2 amide bonds. The third kappa shape index (κ3) is 4.37. The third-order valence-electron chi connectivity index (χ3n) is 2.89. The van der Waals surface area contributed by atoms with E-state index in [1.54, 1.807) is 12.1 Å². The van der Waals surface area contributed by atoms with Gasteiger partial charge < -0.3 is 5.11 Å². The number of hydrazine groups is 1. The largest absolute Gasteiger partial charge is 0.388 e. The third-order valence-corrected chi connectivity index (χ3v) is 3.89. The van der Waals surface area contributed by atoms with Gasteiger partial charge in [-0.05, 0) is 36.8 Å². The summed E-state index contributed by atoms with van der Waals surface area (Å²) in [5.74, 6) is -1.48. The summed E-state index contributed by atoms with van der Waals surface area (Å²) in [6.45, 7) is 1.87. The normalized spacial score (nSPS) is 11.8. The van der Waals surface area contributed by atoms with Gasteiger partial charge in [-0.25, -0.2) is 4.39 Å². The van der Waals surface area contributed by atoms with E-state index < -0.39 is 23.7 Å². The molecule has 0 fully saturated rings. The molecule has 0 aliphatic rings. The smallest absolute Gasteiger partial charge is 0.279 e. The van der Waals surface area contributed by atoms with Crippen LogP contribution in [-0.2, 0) is 4.79 Å². The number of aryl methyl sites for hydroxylation is 1. The van der Waals surface area contributed by atoms with Crippen LogP contribution in [-0.4, -0.2) is 16.9 Å². The summed E-state index contributed by atoms with van der Waals surface area (Å²) in [4.78, 5) is 24.9. The number of benzene rings is 1. The summed E-state index contributed by atoms with van der Waals surface area (Å²) in [6.07, 6.45) is -1.43. The lowest BCUT2D eigenvalue weighted by Gasteiger charge is -2.11. The number of carbonyl (C=O) groups is 2. The van der Waals surface area contributed by atoms with Crippen LogP contribution in [0.15, 0.2) is 36.4 Å². The van der Waals surface area contributed by atoms with Crippen molar-refractivity contribution in [1.29, 1.82) is 0 Å². The zero-order valence-corrected chi connectivity index (χ0v) is 12.6. The molecule has 0 aliphatic heterocycles. The molecule has 3 N–H and O–H groups in total. The van der Waals surface area contributed by atoms with Gasteiger partial charge >= 0.3 is 0 Å². The van der Waals surface area contributed by atoms with Crippen molar-refractivity contribution < 1.29 is 19.1 Å². The van der Waals surface area contributed by atoms with E-state index in [0.29, 0.717) is 10.4 Å². The van der Waals surface area contributed by atoms with E-state index in [1.807, 2.05) is 6.92 Å². The first kappa shape index (κ1) is 16.1. The molecule has 0 spiro atoms. The van der Waals surface area contributed by atoms with Gasteiger partial charge in [-0.2, -0.15) is 0 Å². The number of amides is 2. The summed E-state index contributed by atoms with van der Waals surface area (Å²) >= 11 is 1.31. The number of carbonyl (C=O) groups excluding carboxylic acids is 2. The highest BCUT2D eigenvalue weighted by Crippen LogP contribution is 2.17. The van der Waals surface area contributed by atoms with Gasteiger partial charge in [-0.3, -0.25) is 20.4 Å². The maximum Gasteiger partial charge on any atom is 0.279 e. The van der Waals surface area contributed by atoms with Gasteiger partial charge in [0.2, 0.25) is 5.91 Å². The lowest BCUT2D eigenvalue weighted by atomic mass is 10.1. The Morgan fingerprint density at radius 1 is 1.27 bits per heavy atom. The topological polar surface area (TPSA) is 78.4 Å². The van der Waals surface area contributed by atoms with Crippen molar-refractivity contribution in [2.45, 2.75) is 19.4 Å². The maximum atomic E-state index is 13.0. The summed E-state index contributed by atoms with van der Waals surface area (Å²) in [7, 11) is 0. The first-order valence-electron chi connectivity index (χ1n) is 6.55. The molecule has 22 heavy (non-hydrogen) atoms. The Kier molecular flexibility index (Phi) is 5.24. The van der Waals surface area contributed by atoms with Crippen molar-refractivity contribution in [2.75, 3.05) is 0 Å². The summed E-state index contributed by atoms with van der Waals surface area (Å²) in [6, 6.07) is 8.84. The quantitative estimate of drug-likeness (QED) is 0.754. The second-order valence-electron chi connectivity index (χ2n) is 4.69. The molecule has 2 aromatic rings. The number of hydrogen-bond donors (Lipinski definition) is 3. The van der Waals surface area contributed by atoms with Gasteiger partial charge in [-0.1, -0.05) is 12.1 Å². The highest BCUT2D eigenvalue weighted by molar-refractivity contribution is 7.13. The molecular weight excluding hydrogens is 307 g/mol. The van der Waals surface area contributed by atoms with Crippen LogP contribution in [0.3, 0.4) is 0 Å². The average Bonchev–Trinajstić information content (AvgIpc) is 2.91. The van der Waals surface area contributed by atoms with Crippen LogP contribution in [0.4, 0.5) is 4.39 Å². The molecule has 7 heteroatoms. The number of halogens is 1. The molecule has 116 valence electrons. The first-order valence-corrected chi connectivity index (χ1v) is 7.36. The minimum atomic E-state index is -1.14. The molecule has 5 nitrogen and oxygen atoms in total. The van der Waals surface area contributed by atoms with Crippen LogP contribution in [0.1, 0.15) is 32.6 Å². The van der Waals surface area contributed by atoms with E-state index in [4.69, 9.17) is 0 Å². The fourth-order valence-corrected chi connectivity index (χ4v) is 2.57. The predicted molar refractivity (Wildman–Crippen MR) is 80.6 cm³/mol. The van der Waals surface area contributed by atoms with E-state index in [9.17, 15) is 19.1 Å². The SMILES string of the molecule is Cc1ccc(C(=O)NNC(=O)CC(O)c2cccc(F)c2)s1. The first-order chi connectivity index (χ1) is 10.5. The second-order valence-corrected chi connectivity index (χ2v) is 5.98. The standard InChI is InChI=1S/C15H15FN2O3S/c1-9-5-6-13(22-9)15(21)18-17-14(20)8-12(19)10-3-2-4-11(16)7-10/h2-7,12,19H,8H2,1H3,(H,17,20)(H,18,21). The van der Waals surface area contributed by atoms with Gasteiger partial charge in [-0.15, -0.1) is 11.3 Å². The molecule has 0 aliphatic carbocycles. The number of aliphatic hydroxyl groups excluding tert-OH is 1. The lowest BCUT2D eigenvalue weighted by molar-refractivity contribution is -0.123. The Morgan fingerprint density at radius 3 is 2.68 bits per heavy atom. The van der Waals surface area contributed by atoms with E-state index in [2.05, 4.69) is 10.9 Å². The molecule has 1 atom stereocenters. The molecule has 1 aromatic heterocycles. The summed E-state index contributed by atoms with van der Waals surface area (Å²) in [5.41, 5.74) is 4.79. The van der Waals surface area contributed by atoms with Crippen molar-refractivity contribution in [3.05, 3.63) is 57.5 Å². The molecule has 0 bridgehead atoms. The van der Waals surface area contributed by atoms with Crippen LogP contribution >= 0.6 is 11.3 Å². The molecule has 1 aromatic carbocycles. The van der Waals surface area contributed by atoms with Crippen molar-refractivity contribution in [3.8, 4) is 0 Å². The second kappa shape index (κ2) is 7.15. The Bertz CT molecular complexity index is 687. The summed E-state index contributed by atoms with van der Waals surface area (Å²) < 4.78 is 13.0. The molecule has 2 rings (SSSR count). The minimum Gasteiger partial charge on any atom is -0.388 e. The fraction of sp³-hybridized carbons (Fsp3) is 0.200. The minimum absolute atomic E-state index is 0.285. The van der Waals surface area contributed by atoms with Crippen LogP contribution in [0, 0.1) is 12.7 Å². The van der Waals surface area contributed by atoms with Gasteiger partial charge in [0.05, 0.1) is 17.4 Å². The van der Waals surface area contributed by atoms with Crippen molar-refractivity contribution >= 4 is 23.2 Å². The zero-order valence-electron chi connectivity index (χ0n) is 11.8. The number of rotatable bonds is 4. The highest BCUT2D eigenvalue weighted by atomic mass is 32.1. The fourth-order valence-electron chi connectivity index (χ4n) is 1.80. The molecular formula is C15H15FN2O3S. The van der Waals surface area contributed by atoms with Gasteiger partial charge in [0.15, 0.2) is 0 Å². The van der Waals surface area contributed by atoms with E-state index in [1.165, 1.54) is 29.5 Å². The van der Waals surface area contributed by atoms with E-state index in [0.717, 1.165) is 10.9 Å². The van der Waals surface area contributed by atoms with E-state index >= 15 is 0 Å². The molecule has 1 heterocycles. The van der Waals surface area contributed by atoms with E-state index in [-0.39, 0.29) is 6.42 Å². The molecule has 0 saturated heterocycles. The number of thiophene rings is 1. The monoisotopic (exact) mass is 322 g/mol. The van der Waals surface area contributed by atoms with Crippen LogP contribution in [0.2, 0.25) is 0 Å². The van der Waals surface area contributed by atoms with Gasteiger partial charge in [0.25, 0.3) is 5.91 Å². The number of hydrogen-bond acceptors (Lipinski definition) is 4. The van der Waals surface area contributed by atoms with Crippen molar-refractivity contribution in [2.24, 2.45) is 0 Å². The zero-order chi connectivity index (χ0) is 16.1. The predicted octanol–water partition coefficient (Wildman–Crippen LogP) is 2.08. The Labute approximate surface area is 130 Å². The van der Waals surface area contributed by atoms with Gasteiger partial charge in [0, 0.05) is 4.88 Å². The molecule has 0 saturated carbocycles. The number of aliphatic hydroxyl groups is 1. The highest BCUT2D eigenvalue weighted by Gasteiger charge is 2.15. The van der Waals surface area contributed by atoms with Crippen LogP contribution < -0.4 is 10.9 Å². The maximum absolute atomic E-state index is 13.0. The molecule has 1 unspecified atom stereocenters. The van der Waals surface area contributed by atoms with Crippen LogP contribution in [0.25, 0.3) is 0 Å². The van der Waals surface area contributed by atoms with Gasteiger partial charge in [0.1, 0.15) is 5.82 Å². The Morgan fingerprint density at radius 2 is 2.05 bits per heavy atom. The number of nitrogens with one attached hydrogen (secondary N) is 2. The Hall–Kier alpha value is -2.25.